The molecule has 0 spiro atoms. The van der Waals surface area contributed by atoms with Crippen LogP contribution in [0.15, 0.2) is 42.5 Å². The van der Waals surface area contributed by atoms with Crippen molar-refractivity contribution in [2.75, 3.05) is 18.9 Å². The lowest BCUT2D eigenvalue weighted by Gasteiger charge is -2.12. The number of amides is 1. The topological polar surface area (TPSA) is 37.3 Å². The molecule has 0 aliphatic carbocycles. The lowest BCUT2D eigenvalue weighted by atomic mass is 10.1. The van der Waals surface area contributed by atoms with E-state index in [1.165, 1.54) is 23.3 Å². The van der Waals surface area contributed by atoms with Crippen LogP contribution in [0.2, 0.25) is 0 Å². The van der Waals surface area contributed by atoms with Gasteiger partial charge in [0.15, 0.2) is 0 Å². The van der Waals surface area contributed by atoms with Gasteiger partial charge in [-0.1, -0.05) is 17.7 Å². The minimum atomic E-state index is -0.365. The predicted molar refractivity (Wildman–Crippen MR) is 102 cm³/mol. The van der Waals surface area contributed by atoms with Gasteiger partial charge >= 0.3 is 6.03 Å². The van der Waals surface area contributed by atoms with Crippen LogP contribution in [-0.2, 0) is 13.0 Å². The summed E-state index contributed by atoms with van der Waals surface area (Å²) >= 11 is 0. The molecule has 0 bridgehead atoms. The summed E-state index contributed by atoms with van der Waals surface area (Å²) in [5, 5.41) is 3.97. The monoisotopic (exact) mass is 351 g/mol. The number of nitrogens with zero attached hydrogens (tertiary/aromatic N) is 2. The fourth-order valence-corrected chi connectivity index (χ4v) is 3.80. The smallest absolute Gasteiger partial charge is 0.307 e. The first-order valence-corrected chi connectivity index (χ1v) is 8.91. The molecule has 2 aromatic carbocycles. The van der Waals surface area contributed by atoms with E-state index in [4.69, 9.17) is 0 Å². The Kier molecular flexibility index (Phi) is 4.24. The maximum Gasteiger partial charge on any atom is 0.330 e. The van der Waals surface area contributed by atoms with E-state index in [0.717, 1.165) is 42.5 Å². The van der Waals surface area contributed by atoms with Gasteiger partial charge in [0.1, 0.15) is 5.82 Å². The third kappa shape index (κ3) is 2.99. The summed E-state index contributed by atoms with van der Waals surface area (Å²) in [6.45, 7) is 3.90. The molecule has 5 heteroatoms. The molecule has 134 valence electrons. The first-order chi connectivity index (χ1) is 12.5. The van der Waals surface area contributed by atoms with E-state index in [9.17, 15) is 9.18 Å². The number of carbonyl (C=O) groups is 1. The van der Waals surface area contributed by atoms with Crippen molar-refractivity contribution in [3.63, 3.8) is 0 Å². The summed E-state index contributed by atoms with van der Waals surface area (Å²) < 4.78 is 15.2. The maximum atomic E-state index is 13.5. The van der Waals surface area contributed by atoms with E-state index in [1.807, 2.05) is 12.1 Å². The Balaban J connectivity index is 1.83. The average molecular weight is 351 g/mol. The standard InChI is InChI=1S/C21H22FN3O/c1-14-8-9-20-17(11-14)18-13-24(2)10-4-7-19(18)25(20)21(26)23-16-6-3-5-15(22)12-16/h3,5-6,8-9,11-12H,4,7,10,13H2,1-2H3,(H,23,26). The molecule has 0 unspecified atom stereocenters. The van der Waals surface area contributed by atoms with Crippen molar-refractivity contribution in [3.8, 4) is 0 Å². The summed E-state index contributed by atoms with van der Waals surface area (Å²) in [7, 11) is 2.11. The molecule has 1 aromatic heterocycles. The zero-order chi connectivity index (χ0) is 18.3. The maximum absolute atomic E-state index is 13.5. The van der Waals surface area contributed by atoms with Crippen molar-refractivity contribution < 1.29 is 9.18 Å². The van der Waals surface area contributed by atoms with Gasteiger partial charge in [0, 0.05) is 23.3 Å². The Hall–Kier alpha value is -2.66. The predicted octanol–water partition coefficient (Wildman–Crippen LogP) is 4.55. The van der Waals surface area contributed by atoms with Crippen molar-refractivity contribution in [2.24, 2.45) is 0 Å². The molecule has 0 saturated heterocycles. The van der Waals surface area contributed by atoms with Gasteiger partial charge in [0.2, 0.25) is 0 Å². The molecule has 1 aliphatic heterocycles. The lowest BCUT2D eigenvalue weighted by molar-refractivity contribution is 0.253. The van der Waals surface area contributed by atoms with Gasteiger partial charge in [-0.2, -0.15) is 0 Å². The fourth-order valence-electron chi connectivity index (χ4n) is 3.80. The zero-order valence-electron chi connectivity index (χ0n) is 15.1. The molecular formula is C21H22FN3O. The quantitative estimate of drug-likeness (QED) is 0.698. The van der Waals surface area contributed by atoms with Gasteiger partial charge in [0.25, 0.3) is 0 Å². The Bertz CT molecular complexity index is 992. The lowest BCUT2D eigenvalue weighted by Crippen LogP contribution is -2.21. The highest BCUT2D eigenvalue weighted by atomic mass is 19.1. The molecule has 0 saturated carbocycles. The average Bonchev–Trinajstić information content (AvgIpc) is 2.75. The summed E-state index contributed by atoms with van der Waals surface area (Å²) in [4.78, 5) is 15.4. The van der Waals surface area contributed by atoms with Gasteiger partial charge < -0.3 is 10.2 Å². The number of fused-ring (bicyclic) bond motifs is 3. The highest BCUT2D eigenvalue weighted by Crippen LogP contribution is 2.31. The van der Waals surface area contributed by atoms with E-state index < -0.39 is 0 Å². The molecule has 3 aromatic rings. The number of rotatable bonds is 1. The molecule has 0 fully saturated rings. The van der Waals surface area contributed by atoms with Crippen LogP contribution < -0.4 is 5.32 Å². The molecule has 1 amide bonds. The molecule has 1 aliphatic rings. The van der Waals surface area contributed by atoms with Gasteiger partial charge in [-0.05, 0) is 69.3 Å². The Morgan fingerprint density at radius 3 is 2.85 bits per heavy atom. The van der Waals surface area contributed by atoms with E-state index in [1.54, 1.807) is 16.7 Å². The SMILES string of the molecule is Cc1ccc2c(c1)c1c(n2C(=O)Nc2cccc(F)c2)CCCN(C)C1. The minimum absolute atomic E-state index is 0.241. The van der Waals surface area contributed by atoms with Gasteiger partial charge in [0.05, 0.1) is 5.52 Å². The number of nitrogens with one attached hydrogen (secondary N) is 1. The van der Waals surface area contributed by atoms with Crippen LogP contribution in [-0.4, -0.2) is 29.1 Å². The van der Waals surface area contributed by atoms with Gasteiger partial charge in [-0.3, -0.25) is 4.57 Å². The van der Waals surface area contributed by atoms with Crippen LogP contribution in [0.1, 0.15) is 23.2 Å². The van der Waals surface area contributed by atoms with Crippen molar-refractivity contribution in [1.29, 1.82) is 0 Å². The second-order valence-electron chi connectivity index (χ2n) is 7.06. The molecule has 0 atom stereocenters. The third-order valence-corrected chi connectivity index (χ3v) is 5.00. The molecule has 4 rings (SSSR count). The second-order valence-corrected chi connectivity index (χ2v) is 7.06. The number of halogens is 1. The molecule has 26 heavy (non-hydrogen) atoms. The number of benzene rings is 2. The van der Waals surface area contributed by atoms with Crippen molar-refractivity contribution in [2.45, 2.75) is 26.3 Å². The van der Waals surface area contributed by atoms with E-state index in [0.29, 0.717) is 5.69 Å². The van der Waals surface area contributed by atoms with Crippen molar-refractivity contribution in [3.05, 3.63) is 65.1 Å². The Morgan fingerprint density at radius 2 is 2.04 bits per heavy atom. The Morgan fingerprint density at radius 1 is 1.19 bits per heavy atom. The van der Waals surface area contributed by atoms with Crippen LogP contribution >= 0.6 is 0 Å². The largest absolute Gasteiger partial charge is 0.330 e. The molecule has 2 heterocycles. The fraction of sp³-hybridized carbons (Fsp3) is 0.286. The summed E-state index contributed by atoms with van der Waals surface area (Å²) in [6.07, 6.45) is 1.86. The highest BCUT2D eigenvalue weighted by molar-refractivity contribution is 6.01. The molecule has 0 radical (unpaired) electrons. The van der Waals surface area contributed by atoms with E-state index in [2.05, 4.69) is 30.3 Å². The number of anilines is 1. The Labute approximate surface area is 152 Å². The number of hydrogen-bond acceptors (Lipinski definition) is 2. The second kappa shape index (κ2) is 6.57. The minimum Gasteiger partial charge on any atom is -0.307 e. The molecule has 1 N–H and O–H groups in total. The number of aromatic nitrogens is 1. The van der Waals surface area contributed by atoms with Gasteiger partial charge in [-0.15, -0.1) is 0 Å². The van der Waals surface area contributed by atoms with Crippen molar-refractivity contribution >= 4 is 22.6 Å². The van der Waals surface area contributed by atoms with Crippen LogP contribution in [0.3, 0.4) is 0 Å². The number of aryl methyl sites for hydroxylation is 1. The van der Waals surface area contributed by atoms with Crippen LogP contribution in [0.5, 0.6) is 0 Å². The van der Waals surface area contributed by atoms with Crippen molar-refractivity contribution in [1.82, 2.24) is 9.47 Å². The molecular weight excluding hydrogens is 329 g/mol. The molecule has 4 nitrogen and oxygen atoms in total. The normalized spacial score (nSPS) is 14.9. The summed E-state index contributed by atoms with van der Waals surface area (Å²) in [5.41, 5.74) is 4.82. The number of hydrogen-bond donors (Lipinski definition) is 1. The first kappa shape index (κ1) is 16.8. The third-order valence-electron chi connectivity index (χ3n) is 5.00. The van der Waals surface area contributed by atoms with Gasteiger partial charge in [-0.25, -0.2) is 9.18 Å². The van der Waals surface area contributed by atoms with Crippen LogP contribution in [0, 0.1) is 12.7 Å². The first-order valence-electron chi connectivity index (χ1n) is 8.91. The highest BCUT2D eigenvalue weighted by Gasteiger charge is 2.24. The number of carbonyl (C=O) groups excluding carboxylic acids is 1. The van der Waals surface area contributed by atoms with E-state index >= 15 is 0 Å². The van der Waals surface area contributed by atoms with Crippen LogP contribution in [0.4, 0.5) is 14.9 Å². The summed E-state index contributed by atoms with van der Waals surface area (Å²) in [5.74, 6) is -0.365. The van der Waals surface area contributed by atoms with E-state index in [-0.39, 0.29) is 11.8 Å². The van der Waals surface area contributed by atoms with Crippen LogP contribution in [0.25, 0.3) is 10.9 Å². The summed E-state index contributed by atoms with van der Waals surface area (Å²) in [6, 6.07) is 11.9. The zero-order valence-corrected chi connectivity index (χ0v) is 15.1.